The molecule has 14 heavy (non-hydrogen) atoms. The van der Waals surface area contributed by atoms with Crippen LogP contribution in [0.25, 0.3) is 0 Å². The Morgan fingerprint density at radius 3 is 2.79 bits per heavy atom. The van der Waals surface area contributed by atoms with Gasteiger partial charge in [0.2, 0.25) is 0 Å². The first-order valence-corrected chi connectivity index (χ1v) is 5.05. The smallest absolute Gasteiger partial charge is 0.119 e. The van der Waals surface area contributed by atoms with E-state index in [1.807, 2.05) is 6.92 Å². The molecule has 1 aromatic rings. The summed E-state index contributed by atoms with van der Waals surface area (Å²) in [6.07, 6.45) is 0. The Morgan fingerprint density at radius 2 is 2.21 bits per heavy atom. The van der Waals surface area contributed by atoms with Gasteiger partial charge in [-0.2, -0.15) is 0 Å². The lowest BCUT2D eigenvalue weighted by atomic mass is 10.0. The summed E-state index contributed by atoms with van der Waals surface area (Å²) in [4.78, 5) is 0. The maximum Gasteiger partial charge on any atom is 0.119 e. The van der Waals surface area contributed by atoms with Crippen molar-refractivity contribution in [2.24, 2.45) is 0 Å². The summed E-state index contributed by atoms with van der Waals surface area (Å²) in [6, 6.07) is 5.34. The predicted octanol–water partition coefficient (Wildman–Crippen LogP) is 3.81. The van der Waals surface area contributed by atoms with Crippen molar-refractivity contribution in [3.63, 3.8) is 0 Å². The molecule has 3 heteroatoms. The first kappa shape index (κ1) is 11.3. The third-order valence-electron chi connectivity index (χ3n) is 2.04. The fourth-order valence-electron chi connectivity index (χ4n) is 1.24. The van der Waals surface area contributed by atoms with Gasteiger partial charge in [0.25, 0.3) is 0 Å². The van der Waals surface area contributed by atoms with E-state index in [-0.39, 0.29) is 5.92 Å². The van der Waals surface area contributed by atoms with E-state index in [0.29, 0.717) is 11.6 Å². The molecule has 0 bridgehead atoms. The summed E-state index contributed by atoms with van der Waals surface area (Å²) >= 11 is 5.95. The van der Waals surface area contributed by atoms with Gasteiger partial charge in [-0.1, -0.05) is 18.5 Å². The van der Waals surface area contributed by atoms with Crippen LogP contribution in [0.2, 0.25) is 5.02 Å². The van der Waals surface area contributed by atoms with Gasteiger partial charge in [-0.3, -0.25) is 4.39 Å². The van der Waals surface area contributed by atoms with Crippen LogP contribution in [0, 0.1) is 0 Å². The van der Waals surface area contributed by atoms with Crippen LogP contribution in [0.5, 0.6) is 5.75 Å². The molecule has 0 fully saturated rings. The van der Waals surface area contributed by atoms with Crippen molar-refractivity contribution in [1.29, 1.82) is 0 Å². The minimum Gasteiger partial charge on any atom is -0.494 e. The molecule has 1 aromatic carbocycles. The Kier molecular flexibility index (Phi) is 4.21. The lowest BCUT2D eigenvalue weighted by Gasteiger charge is -2.11. The van der Waals surface area contributed by atoms with Crippen LogP contribution >= 0.6 is 11.6 Å². The highest BCUT2D eigenvalue weighted by molar-refractivity contribution is 6.31. The van der Waals surface area contributed by atoms with Crippen LogP contribution in [-0.2, 0) is 0 Å². The predicted molar refractivity (Wildman–Crippen MR) is 57.0 cm³/mol. The number of alkyl halides is 1. The van der Waals surface area contributed by atoms with Crippen LogP contribution < -0.4 is 4.74 Å². The van der Waals surface area contributed by atoms with Crippen LogP contribution in [0.4, 0.5) is 4.39 Å². The maximum absolute atomic E-state index is 12.5. The highest BCUT2D eigenvalue weighted by Gasteiger charge is 2.10. The molecule has 0 radical (unpaired) electrons. The molecule has 0 aliphatic carbocycles. The van der Waals surface area contributed by atoms with Crippen molar-refractivity contribution in [2.45, 2.75) is 19.8 Å². The Hall–Kier alpha value is -0.760. The minimum atomic E-state index is -0.407. The highest BCUT2D eigenvalue weighted by Crippen LogP contribution is 2.28. The highest BCUT2D eigenvalue weighted by atomic mass is 35.5. The second-order valence-electron chi connectivity index (χ2n) is 3.17. The molecule has 0 aromatic heterocycles. The van der Waals surface area contributed by atoms with E-state index in [9.17, 15) is 4.39 Å². The summed E-state index contributed by atoms with van der Waals surface area (Å²) in [5.74, 6) is 0.565. The molecule has 1 unspecified atom stereocenters. The van der Waals surface area contributed by atoms with E-state index in [4.69, 9.17) is 16.3 Å². The van der Waals surface area contributed by atoms with Gasteiger partial charge in [0.1, 0.15) is 5.75 Å². The van der Waals surface area contributed by atoms with Crippen LogP contribution in [0.1, 0.15) is 25.3 Å². The average molecular weight is 217 g/mol. The molecule has 0 N–H and O–H groups in total. The molecule has 1 atom stereocenters. The van der Waals surface area contributed by atoms with Gasteiger partial charge >= 0.3 is 0 Å². The van der Waals surface area contributed by atoms with Gasteiger partial charge in [0, 0.05) is 10.9 Å². The number of ether oxygens (including phenoxy) is 1. The number of rotatable bonds is 4. The number of benzene rings is 1. The molecule has 1 nitrogen and oxygen atoms in total. The van der Waals surface area contributed by atoms with Crippen molar-refractivity contribution in [3.8, 4) is 5.75 Å². The molecule has 0 heterocycles. The number of hydrogen-bond acceptors (Lipinski definition) is 1. The zero-order valence-corrected chi connectivity index (χ0v) is 9.14. The van der Waals surface area contributed by atoms with Gasteiger partial charge in [-0.05, 0) is 30.7 Å². The van der Waals surface area contributed by atoms with E-state index < -0.39 is 6.67 Å². The molecule has 1 rings (SSSR count). The second kappa shape index (κ2) is 5.20. The van der Waals surface area contributed by atoms with Crippen molar-refractivity contribution in [2.75, 3.05) is 13.3 Å². The van der Waals surface area contributed by atoms with Gasteiger partial charge in [0.15, 0.2) is 0 Å². The molecular weight excluding hydrogens is 203 g/mol. The number of hydrogen-bond donors (Lipinski definition) is 0. The lowest BCUT2D eigenvalue weighted by Crippen LogP contribution is -1.98. The van der Waals surface area contributed by atoms with Gasteiger partial charge in [0.05, 0.1) is 13.3 Å². The van der Waals surface area contributed by atoms with Crippen molar-refractivity contribution < 1.29 is 9.13 Å². The SMILES string of the molecule is CCOc1ccc(Cl)c(C(C)CF)c1. The minimum absolute atomic E-state index is 0.178. The standard InChI is InChI=1S/C11H14ClFO/c1-3-14-9-4-5-11(12)10(6-9)8(2)7-13/h4-6,8H,3,7H2,1-2H3. The largest absolute Gasteiger partial charge is 0.494 e. The van der Waals surface area contributed by atoms with Gasteiger partial charge < -0.3 is 4.74 Å². The van der Waals surface area contributed by atoms with Crippen molar-refractivity contribution in [1.82, 2.24) is 0 Å². The quantitative estimate of drug-likeness (QED) is 0.744. The Morgan fingerprint density at radius 1 is 1.50 bits per heavy atom. The van der Waals surface area contributed by atoms with E-state index in [2.05, 4.69) is 0 Å². The molecule has 0 saturated heterocycles. The van der Waals surface area contributed by atoms with Gasteiger partial charge in [-0.25, -0.2) is 0 Å². The van der Waals surface area contributed by atoms with E-state index in [1.54, 1.807) is 25.1 Å². The normalized spacial score (nSPS) is 12.6. The van der Waals surface area contributed by atoms with Crippen LogP contribution in [-0.4, -0.2) is 13.3 Å². The Balaban J connectivity index is 2.95. The molecule has 78 valence electrons. The second-order valence-corrected chi connectivity index (χ2v) is 3.58. The zero-order valence-electron chi connectivity index (χ0n) is 8.39. The van der Waals surface area contributed by atoms with E-state index in [1.165, 1.54) is 0 Å². The summed E-state index contributed by atoms with van der Waals surface area (Å²) < 4.78 is 17.8. The van der Waals surface area contributed by atoms with Gasteiger partial charge in [-0.15, -0.1) is 0 Å². The summed E-state index contributed by atoms with van der Waals surface area (Å²) in [7, 11) is 0. The monoisotopic (exact) mass is 216 g/mol. The molecule has 0 aliphatic rings. The van der Waals surface area contributed by atoms with E-state index in [0.717, 1.165) is 11.3 Å². The van der Waals surface area contributed by atoms with E-state index >= 15 is 0 Å². The maximum atomic E-state index is 12.5. The summed E-state index contributed by atoms with van der Waals surface area (Å²) in [5, 5.41) is 0.596. The topological polar surface area (TPSA) is 9.23 Å². The van der Waals surface area contributed by atoms with Crippen molar-refractivity contribution >= 4 is 11.6 Å². The first-order chi connectivity index (χ1) is 6.69. The van der Waals surface area contributed by atoms with Crippen LogP contribution in [0.15, 0.2) is 18.2 Å². The fraction of sp³-hybridized carbons (Fsp3) is 0.455. The summed E-state index contributed by atoms with van der Waals surface area (Å²) in [6.45, 7) is 3.91. The molecule has 0 spiro atoms. The third kappa shape index (κ3) is 2.61. The Bertz CT molecular complexity index is 301. The first-order valence-electron chi connectivity index (χ1n) is 4.67. The van der Waals surface area contributed by atoms with Crippen LogP contribution in [0.3, 0.4) is 0 Å². The Labute approximate surface area is 88.8 Å². The average Bonchev–Trinajstić information content (AvgIpc) is 2.20. The van der Waals surface area contributed by atoms with Crippen molar-refractivity contribution in [3.05, 3.63) is 28.8 Å². The fourth-order valence-corrected chi connectivity index (χ4v) is 1.54. The molecule has 0 amide bonds. The zero-order chi connectivity index (χ0) is 10.6. The summed E-state index contributed by atoms with van der Waals surface area (Å²) in [5.41, 5.74) is 0.806. The molecular formula is C11H14ClFO. The lowest BCUT2D eigenvalue weighted by molar-refractivity contribution is 0.339. The third-order valence-corrected chi connectivity index (χ3v) is 2.39. The number of halogens is 2. The molecule has 0 saturated carbocycles. The molecule has 0 aliphatic heterocycles.